The molecule has 0 aliphatic rings. The predicted molar refractivity (Wildman–Crippen MR) is 46.6 cm³/mol. The normalized spacial score (nSPS) is 13.4. The van der Waals surface area contributed by atoms with Crippen molar-refractivity contribution >= 4 is 0 Å². The van der Waals surface area contributed by atoms with Gasteiger partial charge in [0.15, 0.2) is 0 Å². The molecule has 1 aromatic heterocycles. The lowest BCUT2D eigenvalue weighted by Gasteiger charge is -2.07. The predicted octanol–water partition coefficient (Wildman–Crippen LogP) is 2.42. The first-order valence-corrected chi connectivity index (χ1v) is 4.31. The maximum absolute atomic E-state index is 4.27. The summed E-state index contributed by atoms with van der Waals surface area (Å²) in [6.07, 6.45) is 6.31. The molecule has 1 aromatic rings. The first-order valence-electron chi connectivity index (χ1n) is 4.31. The summed E-state index contributed by atoms with van der Waals surface area (Å²) < 4.78 is 2.04. The average Bonchev–Trinajstić information content (AvgIpc) is 2.50. The van der Waals surface area contributed by atoms with Crippen LogP contribution in [-0.4, -0.2) is 9.78 Å². The first-order chi connectivity index (χ1) is 5.27. The number of rotatable bonds is 3. The van der Waals surface area contributed by atoms with Gasteiger partial charge < -0.3 is 0 Å². The number of nitrogens with zero attached hydrogens (tertiary/aromatic N) is 2. The van der Waals surface area contributed by atoms with E-state index in [1.54, 1.807) is 0 Å². The van der Waals surface area contributed by atoms with E-state index in [4.69, 9.17) is 0 Å². The Balaban J connectivity index is 2.71. The van der Waals surface area contributed by atoms with Gasteiger partial charge in [-0.3, -0.25) is 4.68 Å². The molecular weight excluding hydrogens is 136 g/mol. The molecule has 62 valence electrons. The Bertz CT molecular complexity index is 215. The van der Waals surface area contributed by atoms with Crippen LogP contribution in [0.3, 0.4) is 0 Å². The van der Waals surface area contributed by atoms with Gasteiger partial charge in [0.25, 0.3) is 0 Å². The van der Waals surface area contributed by atoms with Crippen molar-refractivity contribution in [3.63, 3.8) is 0 Å². The summed E-state index contributed by atoms with van der Waals surface area (Å²) >= 11 is 0. The molecule has 0 bridgehead atoms. The molecule has 0 spiro atoms. The second kappa shape index (κ2) is 3.56. The highest BCUT2D eigenvalue weighted by Crippen LogP contribution is 2.09. The molecule has 2 heteroatoms. The molecule has 0 unspecified atom stereocenters. The summed E-state index contributed by atoms with van der Waals surface area (Å²) in [5.74, 6) is 0. The molecule has 1 heterocycles. The summed E-state index contributed by atoms with van der Waals surface area (Å²) in [7, 11) is 0. The van der Waals surface area contributed by atoms with Crippen molar-refractivity contribution < 1.29 is 0 Å². The van der Waals surface area contributed by atoms with Crippen molar-refractivity contribution in [3.05, 3.63) is 18.0 Å². The van der Waals surface area contributed by atoms with E-state index in [0.717, 1.165) is 12.8 Å². The second-order valence-electron chi connectivity index (χ2n) is 2.94. The Kier molecular flexibility index (Phi) is 2.69. The van der Waals surface area contributed by atoms with Crippen LogP contribution in [0.5, 0.6) is 0 Å². The van der Waals surface area contributed by atoms with Crippen LogP contribution in [0.4, 0.5) is 0 Å². The third-order valence-corrected chi connectivity index (χ3v) is 2.11. The monoisotopic (exact) mass is 152 g/mol. The molecule has 1 atom stereocenters. The highest BCUT2D eigenvalue weighted by Gasteiger charge is 2.01. The molecule has 0 saturated heterocycles. The van der Waals surface area contributed by atoms with E-state index in [2.05, 4.69) is 32.1 Å². The van der Waals surface area contributed by atoms with Crippen LogP contribution >= 0.6 is 0 Å². The largest absolute Gasteiger partial charge is 0.270 e. The molecule has 1 rings (SSSR count). The Hall–Kier alpha value is -0.790. The highest BCUT2D eigenvalue weighted by molar-refractivity contribution is 5.03. The Morgan fingerprint density at radius 1 is 1.55 bits per heavy atom. The Labute approximate surface area is 68.2 Å². The molecule has 0 radical (unpaired) electrons. The third kappa shape index (κ3) is 1.82. The number of hydrogen-bond acceptors (Lipinski definition) is 1. The van der Waals surface area contributed by atoms with Gasteiger partial charge in [-0.05, 0) is 25.3 Å². The van der Waals surface area contributed by atoms with E-state index in [0.29, 0.717) is 6.04 Å². The maximum atomic E-state index is 4.27. The fourth-order valence-corrected chi connectivity index (χ4v) is 0.988. The van der Waals surface area contributed by atoms with Crippen molar-refractivity contribution in [1.29, 1.82) is 0 Å². The van der Waals surface area contributed by atoms with Crippen molar-refractivity contribution in [2.45, 2.75) is 39.7 Å². The van der Waals surface area contributed by atoms with E-state index in [1.807, 2.05) is 10.9 Å². The topological polar surface area (TPSA) is 17.8 Å². The zero-order valence-electron chi connectivity index (χ0n) is 7.54. The second-order valence-corrected chi connectivity index (χ2v) is 2.94. The summed E-state index contributed by atoms with van der Waals surface area (Å²) in [5, 5.41) is 4.27. The van der Waals surface area contributed by atoms with Crippen LogP contribution in [0.2, 0.25) is 0 Å². The fraction of sp³-hybridized carbons (Fsp3) is 0.667. The molecule has 0 saturated carbocycles. The standard InChI is InChI=1S/C9H16N2/c1-4-8(3)11-7-9(5-2)6-10-11/h6-8H,4-5H2,1-3H3/t8-/m1/s1. The van der Waals surface area contributed by atoms with Gasteiger partial charge in [0, 0.05) is 12.2 Å². The van der Waals surface area contributed by atoms with Crippen LogP contribution in [0.1, 0.15) is 38.8 Å². The maximum Gasteiger partial charge on any atom is 0.0521 e. The summed E-state index contributed by atoms with van der Waals surface area (Å²) in [5.41, 5.74) is 1.32. The minimum absolute atomic E-state index is 0.537. The fourth-order valence-electron chi connectivity index (χ4n) is 0.988. The molecule has 11 heavy (non-hydrogen) atoms. The van der Waals surface area contributed by atoms with E-state index < -0.39 is 0 Å². The lowest BCUT2D eigenvalue weighted by Crippen LogP contribution is -2.03. The molecule has 0 N–H and O–H groups in total. The van der Waals surface area contributed by atoms with Gasteiger partial charge in [0.1, 0.15) is 0 Å². The third-order valence-electron chi connectivity index (χ3n) is 2.11. The van der Waals surface area contributed by atoms with Crippen molar-refractivity contribution in [1.82, 2.24) is 9.78 Å². The van der Waals surface area contributed by atoms with Gasteiger partial charge in [0.05, 0.1) is 6.20 Å². The minimum atomic E-state index is 0.537. The lowest BCUT2D eigenvalue weighted by molar-refractivity contribution is 0.477. The van der Waals surface area contributed by atoms with Crippen LogP contribution in [-0.2, 0) is 6.42 Å². The minimum Gasteiger partial charge on any atom is -0.270 e. The van der Waals surface area contributed by atoms with E-state index in [-0.39, 0.29) is 0 Å². The van der Waals surface area contributed by atoms with E-state index in [1.165, 1.54) is 5.56 Å². The van der Waals surface area contributed by atoms with Crippen LogP contribution in [0.25, 0.3) is 0 Å². The Morgan fingerprint density at radius 3 is 2.73 bits per heavy atom. The highest BCUT2D eigenvalue weighted by atomic mass is 15.3. The van der Waals surface area contributed by atoms with Gasteiger partial charge >= 0.3 is 0 Å². The molecule has 0 aromatic carbocycles. The SMILES string of the molecule is CCc1cnn([C@H](C)CC)c1. The number of aryl methyl sites for hydroxylation is 1. The van der Waals surface area contributed by atoms with Crippen molar-refractivity contribution in [2.24, 2.45) is 0 Å². The molecule has 0 aliphatic carbocycles. The molecule has 0 fully saturated rings. The van der Waals surface area contributed by atoms with Gasteiger partial charge in [-0.15, -0.1) is 0 Å². The van der Waals surface area contributed by atoms with Crippen LogP contribution in [0.15, 0.2) is 12.4 Å². The smallest absolute Gasteiger partial charge is 0.0521 e. The summed E-state index contributed by atoms with van der Waals surface area (Å²) in [6.45, 7) is 6.52. The molecule has 0 aliphatic heterocycles. The van der Waals surface area contributed by atoms with E-state index in [9.17, 15) is 0 Å². The molecular formula is C9H16N2. The molecule has 0 amide bonds. The number of aromatic nitrogens is 2. The van der Waals surface area contributed by atoms with Gasteiger partial charge in [-0.1, -0.05) is 13.8 Å². The number of hydrogen-bond donors (Lipinski definition) is 0. The van der Waals surface area contributed by atoms with Gasteiger partial charge in [-0.2, -0.15) is 5.10 Å². The van der Waals surface area contributed by atoms with E-state index >= 15 is 0 Å². The summed E-state index contributed by atoms with van der Waals surface area (Å²) in [4.78, 5) is 0. The zero-order valence-corrected chi connectivity index (χ0v) is 7.54. The van der Waals surface area contributed by atoms with Gasteiger partial charge in [0.2, 0.25) is 0 Å². The average molecular weight is 152 g/mol. The lowest BCUT2D eigenvalue weighted by atomic mass is 10.2. The van der Waals surface area contributed by atoms with Crippen molar-refractivity contribution in [2.75, 3.05) is 0 Å². The molecule has 2 nitrogen and oxygen atoms in total. The first kappa shape index (κ1) is 8.31. The van der Waals surface area contributed by atoms with Crippen LogP contribution < -0.4 is 0 Å². The Morgan fingerprint density at radius 2 is 2.27 bits per heavy atom. The zero-order chi connectivity index (χ0) is 8.27. The quantitative estimate of drug-likeness (QED) is 0.650. The summed E-state index contributed by atoms with van der Waals surface area (Å²) in [6, 6.07) is 0.537. The van der Waals surface area contributed by atoms with Gasteiger partial charge in [-0.25, -0.2) is 0 Å². The van der Waals surface area contributed by atoms with Crippen LogP contribution in [0, 0.1) is 0 Å². The van der Waals surface area contributed by atoms with Crippen molar-refractivity contribution in [3.8, 4) is 0 Å².